The first-order chi connectivity index (χ1) is 15.0. The van der Waals surface area contributed by atoms with Crippen LogP contribution in [0.15, 0.2) is 83.7 Å². The molecule has 0 atom stereocenters. The lowest BCUT2D eigenvalue weighted by Crippen LogP contribution is -2.43. The molecule has 0 saturated heterocycles. The quantitative estimate of drug-likeness (QED) is 0.504. The molecule has 0 aliphatic heterocycles. The van der Waals surface area contributed by atoms with E-state index in [0.717, 1.165) is 21.4 Å². The highest BCUT2D eigenvalue weighted by Gasteiger charge is 2.16. The van der Waals surface area contributed by atoms with E-state index < -0.39 is 5.91 Å². The third-order valence-corrected chi connectivity index (χ3v) is 4.91. The van der Waals surface area contributed by atoms with Gasteiger partial charge in [-0.25, -0.2) is 4.68 Å². The van der Waals surface area contributed by atoms with E-state index in [0.29, 0.717) is 10.8 Å². The third kappa shape index (κ3) is 4.35. The molecule has 0 saturated carbocycles. The van der Waals surface area contributed by atoms with E-state index in [2.05, 4.69) is 16.0 Å². The van der Waals surface area contributed by atoms with Crippen LogP contribution in [0.3, 0.4) is 0 Å². The summed E-state index contributed by atoms with van der Waals surface area (Å²) in [7, 11) is 1.48. The molecular weight excluding hydrogens is 392 g/mol. The summed E-state index contributed by atoms with van der Waals surface area (Å²) >= 11 is 0. The van der Waals surface area contributed by atoms with E-state index in [4.69, 9.17) is 0 Å². The number of hydrazine groups is 1. The van der Waals surface area contributed by atoms with E-state index in [9.17, 15) is 14.4 Å². The number of rotatable bonds is 4. The normalized spacial score (nSPS) is 10.6. The Balaban J connectivity index is 1.41. The molecule has 4 aromatic rings. The van der Waals surface area contributed by atoms with Gasteiger partial charge >= 0.3 is 0 Å². The van der Waals surface area contributed by atoms with Gasteiger partial charge in [0.25, 0.3) is 11.5 Å². The Bertz CT molecular complexity index is 1310. The van der Waals surface area contributed by atoms with Crippen molar-refractivity contribution in [2.45, 2.75) is 6.42 Å². The fraction of sp³-hybridized carbons (Fsp3) is 0.0833. The van der Waals surface area contributed by atoms with Gasteiger partial charge in [-0.15, -0.1) is 0 Å². The van der Waals surface area contributed by atoms with Crippen molar-refractivity contribution in [1.82, 2.24) is 20.6 Å². The second kappa shape index (κ2) is 8.62. The van der Waals surface area contributed by atoms with Crippen LogP contribution in [-0.2, 0) is 18.3 Å². The molecule has 0 radical (unpaired) electrons. The third-order valence-electron chi connectivity index (χ3n) is 4.91. The minimum Gasteiger partial charge on any atom is -0.273 e. The van der Waals surface area contributed by atoms with Gasteiger partial charge in [-0.3, -0.25) is 25.2 Å². The summed E-state index contributed by atoms with van der Waals surface area (Å²) in [5.41, 5.74) is 7.53. The van der Waals surface area contributed by atoms with Crippen LogP contribution in [0.1, 0.15) is 16.1 Å². The van der Waals surface area contributed by atoms with Gasteiger partial charge in [0.05, 0.1) is 11.8 Å². The Morgan fingerprint density at radius 2 is 1.42 bits per heavy atom. The van der Waals surface area contributed by atoms with Crippen LogP contribution >= 0.6 is 0 Å². The highest BCUT2D eigenvalue weighted by atomic mass is 16.2. The Morgan fingerprint density at radius 3 is 2.13 bits per heavy atom. The van der Waals surface area contributed by atoms with Crippen LogP contribution in [0.4, 0.5) is 0 Å². The standard InChI is InChI=1S/C24H20N4O3/c1-28-24(31)20-10-6-5-9-19(20)22(27-28)23(30)26-25-21(29)15-16-11-13-18(14-12-16)17-7-3-2-4-8-17/h2-14H,15H2,1H3,(H,25,29)(H,26,30). The van der Waals surface area contributed by atoms with Crippen molar-refractivity contribution in [2.75, 3.05) is 0 Å². The summed E-state index contributed by atoms with van der Waals surface area (Å²) in [5.74, 6) is -0.963. The lowest BCUT2D eigenvalue weighted by molar-refractivity contribution is -0.121. The van der Waals surface area contributed by atoms with Crippen molar-refractivity contribution in [2.24, 2.45) is 7.05 Å². The summed E-state index contributed by atoms with van der Waals surface area (Å²) in [6.45, 7) is 0. The SMILES string of the molecule is Cn1nc(C(=O)NNC(=O)Cc2ccc(-c3ccccc3)cc2)c2ccccc2c1=O. The molecule has 2 N–H and O–H groups in total. The Hall–Kier alpha value is -4.26. The second-order valence-corrected chi connectivity index (χ2v) is 7.06. The number of carbonyl (C=O) groups excluding carboxylic acids is 2. The number of hydrogen-bond acceptors (Lipinski definition) is 4. The van der Waals surface area contributed by atoms with Crippen LogP contribution < -0.4 is 16.4 Å². The van der Waals surface area contributed by atoms with Gasteiger partial charge in [0.15, 0.2) is 5.69 Å². The van der Waals surface area contributed by atoms with E-state index in [-0.39, 0.29) is 23.6 Å². The van der Waals surface area contributed by atoms with Gasteiger partial charge in [0, 0.05) is 12.4 Å². The molecule has 2 amide bonds. The van der Waals surface area contributed by atoms with E-state index in [1.807, 2.05) is 54.6 Å². The molecule has 1 aromatic heterocycles. The number of hydrogen-bond donors (Lipinski definition) is 2. The van der Waals surface area contributed by atoms with E-state index >= 15 is 0 Å². The number of fused-ring (bicyclic) bond motifs is 1. The maximum atomic E-state index is 12.6. The van der Waals surface area contributed by atoms with Crippen LogP contribution in [0, 0.1) is 0 Å². The lowest BCUT2D eigenvalue weighted by Gasteiger charge is -2.10. The molecule has 4 rings (SSSR count). The molecule has 3 aromatic carbocycles. The predicted molar refractivity (Wildman–Crippen MR) is 118 cm³/mol. The van der Waals surface area contributed by atoms with E-state index in [1.54, 1.807) is 24.3 Å². The van der Waals surface area contributed by atoms with Gasteiger partial charge in [-0.1, -0.05) is 72.8 Å². The molecule has 31 heavy (non-hydrogen) atoms. The highest BCUT2D eigenvalue weighted by molar-refractivity contribution is 6.05. The number of aromatic nitrogens is 2. The average Bonchev–Trinajstić information content (AvgIpc) is 2.81. The number of nitrogens with one attached hydrogen (secondary N) is 2. The first-order valence-electron chi connectivity index (χ1n) is 9.72. The molecule has 0 bridgehead atoms. The van der Waals surface area contributed by atoms with Crippen molar-refractivity contribution >= 4 is 22.6 Å². The first kappa shape index (κ1) is 20.0. The molecular formula is C24H20N4O3. The summed E-state index contributed by atoms with van der Waals surface area (Å²) in [6, 6.07) is 24.3. The molecule has 7 nitrogen and oxygen atoms in total. The summed E-state index contributed by atoms with van der Waals surface area (Å²) < 4.78 is 1.10. The number of amides is 2. The van der Waals surface area contributed by atoms with E-state index in [1.165, 1.54) is 7.05 Å². The molecule has 1 heterocycles. The fourth-order valence-electron chi connectivity index (χ4n) is 3.33. The number of carbonyl (C=O) groups is 2. The van der Waals surface area contributed by atoms with Crippen molar-refractivity contribution < 1.29 is 9.59 Å². The molecule has 0 aliphatic carbocycles. The zero-order valence-electron chi connectivity index (χ0n) is 16.8. The van der Waals surface area contributed by atoms with Crippen LogP contribution in [-0.4, -0.2) is 21.6 Å². The second-order valence-electron chi connectivity index (χ2n) is 7.06. The summed E-state index contributed by atoms with van der Waals surface area (Å²) in [5, 5.41) is 4.85. The van der Waals surface area contributed by atoms with Crippen LogP contribution in [0.25, 0.3) is 21.9 Å². The molecule has 7 heteroatoms. The van der Waals surface area contributed by atoms with Gasteiger partial charge in [-0.05, 0) is 22.8 Å². The smallest absolute Gasteiger partial charge is 0.273 e. The Morgan fingerprint density at radius 1 is 0.806 bits per heavy atom. The number of aryl methyl sites for hydroxylation is 1. The Labute approximate surface area is 178 Å². The number of nitrogens with zero attached hydrogens (tertiary/aromatic N) is 2. The minimum absolute atomic E-state index is 0.0604. The lowest BCUT2D eigenvalue weighted by atomic mass is 10.0. The van der Waals surface area contributed by atoms with Crippen molar-refractivity contribution in [3.8, 4) is 11.1 Å². The zero-order valence-corrected chi connectivity index (χ0v) is 16.8. The van der Waals surface area contributed by atoms with Crippen molar-refractivity contribution in [3.63, 3.8) is 0 Å². The monoisotopic (exact) mass is 412 g/mol. The Kier molecular flexibility index (Phi) is 5.57. The average molecular weight is 412 g/mol. The van der Waals surface area contributed by atoms with Crippen LogP contribution in [0.5, 0.6) is 0 Å². The molecule has 0 unspecified atom stereocenters. The highest BCUT2D eigenvalue weighted by Crippen LogP contribution is 2.19. The minimum atomic E-state index is -0.598. The largest absolute Gasteiger partial charge is 0.290 e. The van der Waals surface area contributed by atoms with Crippen LogP contribution in [0.2, 0.25) is 0 Å². The zero-order chi connectivity index (χ0) is 21.8. The molecule has 0 fully saturated rings. The summed E-state index contributed by atoms with van der Waals surface area (Å²) in [6.07, 6.45) is 0.108. The molecule has 0 spiro atoms. The fourth-order valence-corrected chi connectivity index (χ4v) is 3.33. The van der Waals surface area contributed by atoms with Crippen molar-refractivity contribution in [1.29, 1.82) is 0 Å². The van der Waals surface area contributed by atoms with Gasteiger partial charge < -0.3 is 0 Å². The maximum Gasteiger partial charge on any atom is 0.290 e. The molecule has 154 valence electrons. The molecule has 0 aliphatic rings. The topological polar surface area (TPSA) is 93.1 Å². The van der Waals surface area contributed by atoms with Gasteiger partial charge in [0.2, 0.25) is 5.91 Å². The number of benzene rings is 3. The predicted octanol–water partition coefficient (Wildman–Crippen LogP) is 2.60. The maximum absolute atomic E-state index is 12.6. The van der Waals surface area contributed by atoms with Crippen molar-refractivity contribution in [3.05, 3.63) is 100 Å². The van der Waals surface area contributed by atoms with Gasteiger partial charge in [0.1, 0.15) is 0 Å². The summed E-state index contributed by atoms with van der Waals surface area (Å²) in [4.78, 5) is 37.0. The first-order valence-corrected chi connectivity index (χ1v) is 9.72. The van der Waals surface area contributed by atoms with Gasteiger partial charge in [-0.2, -0.15) is 5.10 Å².